The number of benzene rings is 1. The zero-order chi connectivity index (χ0) is 19.3. The molecule has 2 N–H and O–H groups in total. The first-order valence-electron chi connectivity index (χ1n) is 8.47. The van der Waals surface area contributed by atoms with Crippen LogP contribution in [0.2, 0.25) is 0 Å². The molecule has 1 aromatic heterocycles. The van der Waals surface area contributed by atoms with E-state index in [1.165, 1.54) is 11.3 Å². The summed E-state index contributed by atoms with van der Waals surface area (Å²) in [6, 6.07) is 9.02. The minimum atomic E-state index is -0.714. The van der Waals surface area contributed by atoms with Gasteiger partial charge in [0, 0.05) is 10.9 Å². The van der Waals surface area contributed by atoms with E-state index in [0.29, 0.717) is 5.13 Å². The smallest absolute Gasteiger partial charge is 0.408 e. The first-order valence-corrected chi connectivity index (χ1v) is 9.35. The minimum absolute atomic E-state index is 0.101. The van der Waals surface area contributed by atoms with E-state index in [1.807, 2.05) is 49.6 Å². The Bertz CT molecular complexity index is 751. The largest absolute Gasteiger partial charge is 0.444 e. The number of aromatic nitrogens is 1. The maximum Gasteiger partial charge on any atom is 0.408 e. The number of thiazole rings is 1. The van der Waals surface area contributed by atoms with E-state index in [4.69, 9.17) is 4.74 Å². The maximum atomic E-state index is 12.6. The Labute approximate surface area is 158 Å². The highest BCUT2D eigenvalue weighted by atomic mass is 32.1. The minimum Gasteiger partial charge on any atom is -0.444 e. The fourth-order valence-electron chi connectivity index (χ4n) is 2.23. The van der Waals surface area contributed by atoms with Crippen LogP contribution in [0.3, 0.4) is 0 Å². The van der Waals surface area contributed by atoms with Gasteiger partial charge < -0.3 is 15.4 Å². The summed E-state index contributed by atoms with van der Waals surface area (Å²) in [6.07, 6.45) is -0.615. The highest BCUT2D eigenvalue weighted by molar-refractivity contribution is 7.14. The van der Waals surface area contributed by atoms with Gasteiger partial charge in [-0.15, -0.1) is 11.3 Å². The quantitative estimate of drug-likeness (QED) is 0.816. The normalized spacial score (nSPS) is 12.5. The van der Waals surface area contributed by atoms with E-state index in [9.17, 15) is 9.59 Å². The molecule has 0 saturated carbocycles. The van der Waals surface area contributed by atoms with Crippen molar-refractivity contribution in [3.05, 3.63) is 35.7 Å². The summed E-state index contributed by atoms with van der Waals surface area (Å²) in [4.78, 5) is 29.0. The van der Waals surface area contributed by atoms with Gasteiger partial charge in [-0.05, 0) is 26.7 Å². The summed E-state index contributed by atoms with van der Waals surface area (Å²) in [5.41, 5.74) is 1.16. The summed E-state index contributed by atoms with van der Waals surface area (Å²) in [5.74, 6) is -0.420. The van der Waals surface area contributed by atoms with Gasteiger partial charge in [0.1, 0.15) is 11.6 Å². The van der Waals surface area contributed by atoms with E-state index >= 15 is 0 Å². The van der Waals surface area contributed by atoms with Crippen molar-refractivity contribution in [2.75, 3.05) is 5.32 Å². The molecule has 2 amide bonds. The molecule has 2 rings (SSSR count). The van der Waals surface area contributed by atoms with Crippen LogP contribution < -0.4 is 10.6 Å². The van der Waals surface area contributed by atoms with Gasteiger partial charge >= 0.3 is 6.09 Å². The predicted octanol–water partition coefficient (Wildman–Crippen LogP) is 4.30. The zero-order valence-corrected chi connectivity index (χ0v) is 16.5. The molecular weight excluding hydrogens is 350 g/mol. The number of nitrogens with zero attached hydrogens (tertiary/aromatic N) is 1. The summed E-state index contributed by atoms with van der Waals surface area (Å²) in [7, 11) is 0. The van der Waals surface area contributed by atoms with Crippen LogP contribution in [0.25, 0.3) is 11.3 Å². The van der Waals surface area contributed by atoms with E-state index < -0.39 is 17.7 Å². The molecule has 0 aliphatic rings. The first-order chi connectivity index (χ1) is 12.2. The van der Waals surface area contributed by atoms with Crippen molar-refractivity contribution in [3.8, 4) is 11.3 Å². The molecule has 0 aliphatic carbocycles. The fourth-order valence-corrected chi connectivity index (χ4v) is 2.95. The third-order valence-corrected chi connectivity index (χ3v) is 4.18. The topological polar surface area (TPSA) is 80.3 Å². The molecule has 6 nitrogen and oxygen atoms in total. The number of hydrogen-bond donors (Lipinski definition) is 2. The summed E-state index contributed by atoms with van der Waals surface area (Å²) >= 11 is 1.34. The number of nitrogens with one attached hydrogen (secondary N) is 2. The number of hydrogen-bond acceptors (Lipinski definition) is 5. The molecule has 140 valence electrons. The first kappa shape index (κ1) is 19.9. The third-order valence-electron chi connectivity index (χ3n) is 3.43. The van der Waals surface area contributed by atoms with Crippen molar-refractivity contribution < 1.29 is 14.3 Å². The van der Waals surface area contributed by atoms with Crippen molar-refractivity contribution >= 4 is 28.5 Å². The number of ether oxygens (including phenoxy) is 1. The Kier molecular flexibility index (Phi) is 6.37. The molecule has 1 aromatic carbocycles. The second-order valence-corrected chi connectivity index (χ2v) is 8.12. The number of carbonyl (C=O) groups is 2. The number of anilines is 1. The van der Waals surface area contributed by atoms with Crippen LogP contribution in [0.5, 0.6) is 0 Å². The Balaban J connectivity index is 2.04. The number of rotatable bonds is 5. The monoisotopic (exact) mass is 375 g/mol. The molecule has 7 heteroatoms. The Morgan fingerprint density at radius 1 is 1.15 bits per heavy atom. The average Bonchev–Trinajstić information content (AvgIpc) is 3.00. The lowest BCUT2D eigenvalue weighted by Gasteiger charge is -2.24. The van der Waals surface area contributed by atoms with Crippen molar-refractivity contribution in [2.24, 2.45) is 5.92 Å². The molecule has 26 heavy (non-hydrogen) atoms. The second-order valence-electron chi connectivity index (χ2n) is 7.26. The van der Waals surface area contributed by atoms with Crippen LogP contribution in [-0.2, 0) is 9.53 Å². The molecule has 0 spiro atoms. The van der Waals surface area contributed by atoms with Gasteiger partial charge in [-0.1, -0.05) is 44.2 Å². The van der Waals surface area contributed by atoms with Crippen LogP contribution in [-0.4, -0.2) is 28.6 Å². The lowest BCUT2D eigenvalue weighted by atomic mass is 10.0. The van der Waals surface area contributed by atoms with Crippen LogP contribution in [0.4, 0.5) is 9.93 Å². The average molecular weight is 375 g/mol. The zero-order valence-electron chi connectivity index (χ0n) is 15.7. The van der Waals surface area contributed by atoms with Crippen LogP contribution in [0.1, 0.15) is 34.6 Å². The third kappa shape index (κ3) is 5.84. The van der Waals surface area contributed by atoms with Gasteiger partial charge in [-0.3, -0.25) is 4.79 Å². The predicted molar refractivity (Wildman–Crippen MR) is 104 cm³/mol. The van der Waals surface area contributed by atoms with Crippen molar-refractivity contribution in [1.82, 2.24) is 10.3 Å². The molecule has 0 aliphatic heterocycles. The lowest BCUT2D eigenvalue weighted by Crippen LogP contribution is -2.48. The van der Waals surface area contributed by atoms with Crippen molar-refractivity contribution in [3.63, 3.8) is 0 Å². The summed E-state index contributed by atoms with van der Waals surface area (Å²) in [5, 5.41) is 7.79. The van der Waals surface area contributed by atoms with Crippen LogP contribution >= 0.6 is 11.3 Å². The number of alkyl carbamates (subject to hydrolysis) is 1. The van der Waals surface area contributed by atoms with Gasteiger partial charge in [0.2, 0.25) is 5.91 Å². The highest BCUT2D eigenvalue weighted by Crippen LogP contribution is 2.25. The molecule has 0 fully saturated rings. The van der Waals surface area contributed by atoms with Crippen molar-refractivity contribution in [1.29, 1.82) is 0 Å². The van der Waals surface area contributed by atoms with E-state index in [2.05, 4.69) is 15.6 Å². The molecule has 2 aromatic rings. The molecular formula is C19H25N3O3S. The maximum absolute atomic E-state index is 12.6. The van der Waals surface area contributed by atoms with Crippen molar-refractivity contribution in [2.45, 2.75) is 46.3 Å². The summed E-state index contributed by atoms with van der Waals surface area (Å²) < 4.78 is 5.24. The highest BCUT2D eigenvalue weighted by Gasteiger charge is 2.27. The number of carbonyl (C=O) groups excluding carboxylic acids is 2. The van der Waals surface area contributed by atoms with E-state index in [-0.39, 0.29) is 11.8 Å². The van der Waals surface area contributed by atoms with Gasteiger partial charge in [0.05, 0.1) is 5.69 Å². The van der Waals surface area contributed by atoms with Gasteiger partial charge in [-0.2, -0.15) is 0 Å². The van der Waals surface area contributed by atoms with E-state index in [0.717, 1.165) is 11.3 Å². The fraction of sp³-hybridized carbons (Fsp3) is 0.421. The van der Waals surface area contributed by atoms with E-state index in [1.54, 1.807) is 20.8 Å². The standard InChI is InChI=1S/C19H25N3O3S/c1-12(2)15(21-18(24)25-19(3,4)5)16(23)22-17-20-14(11-26-17)13-9-7-6-8-10-13/h6-12,15H,1-5H3,(H,21,24)(H,20,22,23)/t15-/m0/s1. The SMILES string of the molecule is CC(C)[C@H](NC(=O)OC(C)(C)C)C(=O)Nc1nc(-c2ccccc2)cs1. The van der Waals surface area contributed by atoms with Crippen LogP contribution in [0, 0.1) is 5.92 Å². The Morgan fingerprint density at radius 2 is 1.81 bits per heavy atom. The Hall–Kier alpha value is -2.41. The molecule has 0 unspecified atom stereocenters. The Morgan fingerprint density at radius 3 is 2.38 bits per heavy atom. The lowest BCUT2D eigenvalue weighted by molar-refractivity contribution is -0.119. The number of amides is 2. The van der Waals surface area contributed by atoms with Crippen LogP contribution in [0.15, 0.2) is 35.7 Å². The molecule has 0 saturated heterocycles. The molecule has 1 atom stereocenters. The second kappa shape index (κ2) is 8.31. The van der Waals surface area contributed by atoms with Gasteiger partial charge in [0.15, 0.2) is 5.13 Å². The van der Waals surface area contributed by atoms with Gasteiger partial charge in [-0.25, -0.2) is 9.78 Å². The molecule has 0 bridgehead atoms. The molecule has 1 heterocycles. The summed E-state index contributed by atoms with van der Waals surface area (Å²) in [6.45, 7) is 9.05. The van der Waals surface area contributed by atoms with Gasteiger partial charge in [0.25, 0.3) is 0 Å². The molecule has 0 radical (unpaired) electrons.